The number of hydrogen-bond acceptors (Lipinski definition) is 2. The minimum Gasteiger partial charge on any atom is -0.389 e. The number of rotatable bonds is 6. The number of nitrogens with zero attached hydrogens (tertiary/aromatic N) is 1. The summed E-state index contributed by atoms with van der Waals surface area (Å²) in [5.41, 5.74) is -0.298. The van der Waals surface area contributed by atoms with Gasteiger partial charge in [-0.05, 0) is 49.7 Å². The van der Waals surface area contributed by atoms with Crippen molar-refractivity contribution in [3.8, 4) is 0 Å². The lowest BCUT2D eigenvalue weighted by atomic mass is 9.72. The van der Waals surface area contributed by atoms with Gasteiger partial charge in [0.2, 0.25) is 0 Å². The van der Waals surface area contributed by atoms with E-state index >= 15 is 0 Å². The molecule has 1 aromatic carbocycles. The van der Waals surface area contributed by atoms with Crippen LogP contribution in [-0.2, 0) is 6.42 Å². The number of benzene rings is 1. The fraction of sp³-hybridized carbons (Fsp3) is 0.667. The molecule has 1 saturated carbocycles. The Morgan fingerprint density at radius 1 is 1.30 bits per heavy atom. The summed E-state index contributed by atoms with van der Waals surface area (Å²) in [6.07, 6.45) is 4.26. The maximum atomic E-state index is 14.0. The Bertz CT molecular complexity index is 496. The maximum Gasteiger partial charge on any atom is 0.126 e. The molecule has 23 heavy (non-hydrogen) atoms. The van der Waals surface area contributed by atoms with Gasteiger partial charge in [-0.15, -0.1) is 12.4 Å². The Kier molecular flexibility index (Phi) is 8.29. The third kappa shape index (κ3) is 5.32. The van der Waals surface area contributed by atoms with Gasteiger partial charge in [0.05, 0.1) is 5.60 Å². The second kappa shape index (κ2) is 9.22. The first kappa shape index (κ1) is 20.7. The van der Waals surface area contributed by atoms with Crippen LogP contribution in [-0.4, -0.2) is 35.2 Å². The fourth-order valence-electron chi connectivity index (χ4n) is 3.59. The van der Waals surface area contributed by atoms with E-state index in [1.165, 1.54) is 6.07 Å². The van der Waals surface area contributed by atoms with Gasteiger partial charge in [0.15, 0.2) is 0 Å². The van der Waals surface area contributed by atoms with Crippen LogP contribution in [0.15, 0.2) is 18.2 Å². The zero-order valence-corrected chi connectivity index (χ0v) is 15.6. The molecule has 0 spiro atoms. The van der Waals surface area contributed by atoms with Crippen molar-refractivity contribution < 1.29 is 9.50 Å². The zero-order chi connectivity index (χ0) is 16.2. The van der Waals surface area contributed by atoms with E-state index < -0.39 is 5.60 Å². The van der Waals surface area contributed by atoms with E-state index in [0.717, 1.165) is 45.3 Å². The van der Waals surface area contributed by atoms with Crippen LogP contribution in [0.1, 0.15) is 45.1 Å². The highest BCUT2D eigenvalue weighted by Gasteiger charge is 2.39. The number of halogens is 3. The van der Waals surface area contributed by atoms with Gasteiger partial charge in [-0.25, -0.2) is 4.39 Å². The average Bonchev–Trinajstić information content (AvgIpc) is 2.50. The third-order valence-corrected chi connectivity index (χ3v) is 5.28. The van der Waals surface area contributed by atoms with Crippen molar-refractivity contribution >= 4 is 24.0 Å². The van der Waals surface area contributed by atoms with Crippen LogP contribution in [0, 0.1) is 11.7 Å². The molecule has 132 valence electrons. The minimum atomic E-state index is -0.827. The second-order valence-corrected chi connectivity index (χ2v) is 6.88. The molecule has 2 nitrogen and oxygen atoms in total. The molecule has 0 saturated heterocycles. The SMILES string of the molecule is CCN(CC)CC1CCCCC1(O)Cc1cc(Cl)ccc1F.Cl. The lowest BCUT2D eigenvalue weighted by Crippen LogP contribution is -2.48. The molecular weight excluding hydrogens is 336 g/mol. The highest BCUT2D eigenvalue weighted by atomic mass is 35.5. The van der Waals surface area contributed by atoms with Gasteiger partial charge in [0.1, 0.15) is 5.82 Å². The molecule has 2 atom stereocenters. The zero-order valence-electron chi connectivity index (χ0n) is 14.0. The monoisotopic (exact) mass is 363 g/mol. The summed E-state index contributed by atoms with van der Waals surface area (Å²) < 4.78 is 14.0. The van der Waals surface area contributed by atoms with Crippen LogP contribution in [0.5, 0.6) is 0 Å². The van der Waals surface area contributed by atoms with Crippen molar-refractivity contribution in [2.24, 2.45) is 5.92 Å². The highest BCUT2D eigenvalue weighted by molar-refractivity contribution is 6.30. The molecule has 1 aromatic rings. The van der Waals surface area contributed by atoms with Crippen LogP contribution in [0.4, 0.5) is 4.39 Å². The normalized spacial score (nSPS) is 24.5. The van der Waals surface area contributed by atoms with Gasteiger partial charge in [-0.2, -0.15) is 0 Å². The number of hydrogen-bond donors (Lipinski definition) is 1. The van der Waals surface area contributed by atoms with Crippen molar-refractivity contribution in [3.63, 3.8) is 0 Å². The molecule has 2 rings (SSSR count). The van der Waals surface area contributed by atoms with Crippen LogP contribution in [0.3, 0.4) is 0 Å². The van der Waals surface area contributed by atoms with Gasteiger partial charge in [-0.1, -0.05) is 38.3 Å². The lowest BCUT2D eigenvalue weighted by Gasteiger charge is -2.42. The van der Waals surface area contributed by atoms with E-state index in [-0.39, 0.29) is 24.1 Å². The van der Waals surface area contributed by atoms with E-state index in [2.05, 4.69) is 18.7 Å². The Balaban J connectivity index is 0.00000264. The lowest BCUT2D eigenvalue weighted by molar-refractivity contribution is -0.0588. The van der Waals surface area contributed by atoms with Gasteiger partial charge in [-0.3, -0.25) is 0 Å². The summed E-state index contributed by atoms with van der Waals surface area (Å²) in [5, 5.41) is 11.7. The van der Waals surface area contributed by atoms with Gasteiger partial charge < -0.3 is 10.0 Å². The van der Waals surface area contributed by atoms with Crippen LogP contribution >= 0.6 is 24.0 Å². The summed E-state index contributed by atoms with van der Waals surface area (Å²) in [7, 11) is 0. The average molecular weight is 364 g/mol. The van der Waals surface area contributed by atoms with Crippen LogP contribution in [0.25, 0.3) is 0 Å². The van der Waals surface area contributed by atoms with E-state index in [9.17, 15) is 9.50 Å². The van der Waals surface area contributed by atoms with E-state index in [1.807, 2.05) is 0 Å². The van der Waals surface area contributed by atoms with E-state index in [1.54, 1.807) is 12.1 Å². The molecule has 1 aliphatic rings. The van der Waals surface area contributed by atoms with Crippen molar-refractivity contribution in [2.75, 3.05) is 19.6 Å². The molecule has 0 heterocycles. The summed E-state index contributed by atoms with van der Waals surface area (Å²) in [6.45, 7) is 7.12. The molecule has 0 radical (unpaired) electrons. The van der Waals surface area contributed by atoms with Crippen molar-refractivity contribution in [1.29, 1.82) is 0 Å². The van der Waals surface area contributed by atoms with Crippen molar-refractivity contribution in [1.82, 2.24) is 4.90 Å². The first-order chi connectivity index (χ1) is 10.5. The molecule has 0 amide bonds. The van der Waals surface area contributed by atoms with Crippen LogP contribution in [0.2, 0.25) is 5.02 Å². The maximum absolute atomic E-state index is 14.0. The molecule has 2 unspecified atom stereocenters. The Labute approximate surface area is 150 Å². The highest BCUT2D eigenvalue weighted by Crippen LogP contribution is 2.37. The summed E-state index contributed by atoms with van der Waals surface area (Å²) in [6, 6.07) is 4.60. The molecule has 0 bridgehead atoms. The second-order valence-electron chi connectivity index (χ2n) is 6.44. The first-order valence-electron chi connectivity index (χ1n) is 8.37. The molecule has 1 fully saturated rings. The summed E-state index contributed by atoms with van der Waals surface area (Å²) in [4.78, 5) is 2.34. The Morgan fingerprint density at radius 3 is 2.65 bits per heavy atom. The fourth-order valence-corrected chi connectivity index (χ4v) is 3.79. The predicted octanol–water partition coefficient (Wildman–Crippen LogP) is 4.71. The van der Waals surface area contributed by atoms with Gasteiger partial charge in [0, 0.05) is 23.9 Å². The summed E-state index contributed by atoms with van der Waals surface area (Å²) in [5.74, 6) is -0.0791. The minimum absolute atomic E-state index is 0. The third-order valence-electron chi connectivity index (χ3n) is 5.05. The molecule has 5 heteroatoms. The van der Waals surface area contributed by atoms with Gasteiger partial charge in [0.25, 0.3) is 0 Å². The van der Waals surface area contributed by atoms with Gasteiger partial charge >= 0.3 is 0 Å². The van der Waals surface area contributed by atoms with Crippen molar-refractivity contribution in [2.45, 2.75) is 51.6 Å². The van der Waals surface area contributed by atoms with E-state index in [4.69, 9.17) is 11.6 Å². The molecule has 1 aliphatic carbocycles. The van der Waals surface area contributed by atoms with Crippen molar-refractivity contribution in [3.05, 3.63) is 34.6 Å². The van der Waals surface area contributed by atoms with Crippen LogP contribution < -0.4 is 0 Å². The Hall–Kier alpha value is -0.350. The molecular formula is C18H28Cl2FNO. The molecule has 0 aliphatic heterocycles. The Morgan fingerprint density at radius 2 is 2.00 bits per heavy atom. The van der Waals surface area contributed by atoms with E-state index in [0.29, 0.717) is 17.0 Å². The quantitative estimate of drug-likeness (QED) is 0.791. The molecule has 1 N–H and O–H groups in total. The topological polar surface area (TPSA) is 23.5 Å². The standard InChI is InChI=1S/C18H27ClFNO.ClH/c1-3-21(4-2)13-15-7-5-6-10-18(15,22)12-14-11-16(19)8-9-17(14)20;/h8-9,11,15,22H,3-7,10,12-13H2,1-2H3;1H. The summed E-state index contributed by atoms with van der Waals surface area (Å²) >= 11 is 5.99. The smallest absolute Gasteiger partial charge is 0.126 e. The number of aliphatic hydroxyl groups is 1. The molecule has 0 aromatic heterocycles. The first-order valence-corrected chi connectivity index (χ1v) is 8.75. The predicted molar refractivity (Wildman–Crippen MR) is 97.1 cm³/mol. The largest absolute Gasteiger partial charge is 0.389 e.